The van der Waals surface area contributed by atoms with Gasteiger partial charge >= 0.3 is 5.97 Å². The second kappa shape index (κ2) is 9.24. The van der Waals surface area contributed by atoms with Crippen molar-refractivity contribution in [1.82, 2.24) is 0 Å². The summed E-state index contributed by atoms with van der Waals surface area (Å²) < 4.78 is 11.0. The number of esters is 1. The Balaban J connectivity index is 1.94. The number of carbonyl (C=O) groups excluding carboxylic acids is 2. The first kappa shape index (κ1) is 19.7. The van der Waals surface area contributed by atoms with E-state index in [1.165, 1.54) is 7.11 Å². The monoisotopic (exact) mass is 392 g/mol. The third kappa shape index (κ3) is 4.43. The van der Waals surface area contributed by atoms with E-state index in [9.17, 15) is 9.59 Å². The zero-order valence-electron chi connectivity index (χ0n) is 15.6. The van der Waals surface area contributed by atoms with E-state index >= 15 is 0 Å². The topological polar surface area (TPSA) is 52.6 Å². The molecule has 0 aromatic heterocycles. The molecule has 0 amide bonds. The van der Waals surface area contributed by atoms with Crippen molar-refractivity contribution in [3.63, 3.8) is 0 Å². The number of ketones is 1. The average molecular weight is 392 g/mol. The van der Waals surface area contributed by atoms with Gasteiger partial charge in [0, 0.05) is 16.0 Å². The molecule has 3 aromatic rings. The van der Waals surface area contributed by atoms with E-state index in [-0.39, 0.29) is 11.3 Å². The van der Waals surface area contributed by atoms with Crippen LogP contribution in [0.5, 0.6) is 5.75 Å². The van der Waals surface area contributed by atoms with Crippen molar-refractivity contribution >= 4 is 23.5 Å². The quantitative estimate of drug-likeness (QED) is 0.314. The minimum Gasteiger partial charge on any atom is -0.496 e. The van der Waals surface area contributed by atoms with Crippen LogP contribution in [-0.2, 0) is 4.74 Å². The highest BCUT2D eigenvalue weighted by Gasteiger charge is 2.27. The fourth-order valence-electron chi connectivity index (χ4n) is 2.79. The second-order valence-electron chi connectivity index (χ2n) is 5.99. The zero-order chi connectivity index (χ0) is 19.9. The lowest BCUT2D eigenvalue weighted by molar-refractivity contribution is 0.0277. The first-order valence-corrected chi connectivity index (χ1v) is 9.93. The molecule has 0 bridgehead atoms. The van der Waals surface area contributed by atoms with Crippen LogP contribution < -0.4 is 4.74 Å². The van der Waals surface area contributed by atoms with Gasteiger partial charge in [-0.3, -0.25) is 4.79 Å². The summed E-state index contributed by atoms with van der Waals surface area (Å²) in [5.74, 6) is -0.474. The Hall–Kier alpha value is -3.05. The molecule has 4 nitrogen and oxygen atoms in total. The Morgan fingerprint density at radius 2 is 1.54 bits per heavy atom. The van der Waals surface area contributed by atoms with E-state index < -0.39 is 12.1 Å². The van der Waals surface area contributed by atoms with Gasteiger partial charge < -0.3 is 9.47 Å². The van der Waals surface area contributed by atoms with Gasteiger partial charge in [-0.25, -0.2) is 4.79 Å². The number of carbonyl (C=O) groups is 2. The molecule has 0 N–H and O–H groups in total. The fourth-order valence-corrected chi connectivity index (χ4v) is 3.22. The van der Waals surface area contributed by atoms with Crippen molar-refractivity contribution in [3.05, 3.63) is 95.6 Å². The van der Waals surface area contributed by atoms with Crippen molar-refractivity contribution in [2.45, 2.75) is 11.0 Å². The molecule has 3 aromatic carbocycles. The van der Waals surface area contributed by atoms with E-state index in [1.54, 1.807) is 60.3 Å². The summed E-state index contributed by atoms with van der Waals surface area (Å²) in [6, 6.07) is 23.1. The number of hydrogen-bond acceptors (Lipinski definition) is 5. The third-order valence-electron chi connectivity index (χ3n) is 4.25. The van der Waals surface area contributed by atoms with E-state index in [0.717, 1.165) is 4.90 Å². The van der Waals surface area contributed by atoms with Crippen molar-refractivity contribution < 1.29 is 19.1 Å². The van der Waals surface area contributed by atoms with Crippen molar-refractivity contribution in [1.29, 1.82) is 0 Å². The molecule has 0 saturated carbocycles. The summed E-state index contributed by atoms with van der Waals surface area (Å²) in [4.78, 5) is 26.9. The molecular weight excluding hydrogens is 372 g/mol. The maximum atomic E-state index is 13.1. The molecule has 0 aliphatic heterocycles. The van der Waals surface area contributed by atoms with Crippen LogP contribution in [0.1, 0.15) is 32.4 Å². The lowest BCUT2D eigenvalue weighted by Gasteiger charge is -2.18. The molecule has 142 valence electrons. The summed E-state index contributed by atoms with van der Waals surface area (Å²) in [5.41, 5.74) is 1.38. The second-order valence-corrected chi connectivity index (χ2v) is 6.87. The van der Waals surface area contributed by atoms with Gasteiger partial charge in [0.05, 0.1) is 7.11 Å². The maximum absolute atomic E-state index is 13.1. The summed E-state index contributed by atoms with van der Waals surface area (Å²) in [6.07, 6.45) is 0.900. The largest absolute Gasteiger partial charge is 0.496 e. The minimum atomic E-state index is -1.04. The molecule has 3 rings (SSSR count). The molecule has 28 heavy (non-hydrogen) atoms. The van der Waals surface area contributed by atoms with Gasteiger partial charge in [0.2, 0.25) is 5.78 Å². The van der Waals surface area contributed by atoms with Gasteiger partial charge in [0.25, 0.3) is 0 Å². The smallest absolute Gasteiger partial charge is 0.342 e. The van der Waals surface area contributed by atoms with Crippen LogP contribution in [0.15, 0.2) is 83.8 Å². The number of methoxy groups -OCH3 is 1. The van der Waals surface area contributed by atoms with Gasteiger partial charge in [0.1, 0.15) is 11.3 Å². The molecule has 0 aliphatic rings. The lowest BCUT2D eigenvalue weighted by atomic mass is 9.99. The van der Waals surface area contributed by atoms with Gasteiger partial charge in [-0.2, -0.15) is 0 Å². The van der Waals surface area contributed by atoms with Crippen molar-refractivity contribution in [2.75, 3.05) is 13.4 Å². The number of ether oxygens (including phenoxy) is 2. The van der Waals surface area contributed by atoms with Crippen LogP contribution >= 0.6 is 11.8 Å². The van der Waals surface area contributed by atoms with E-state index in [4.69, 9.17) is 9.47 Å². The number of rotatable bonds is 7. The first-order chi connectivity index (χ1) is 13.6. The van der Waals surface area contributed by atoms with Crippen LogP contribution in [0.2, 0.25) is 0 Å². The summed E-state index contributed by atoms with van der Waals surface area (Å²) in [6.45, 7) is 0. The van der Waals surface area contributed by atoms with E-state index in [0.29, 0.717) is 16.9 Å². The predicted octanol–water partition coefficient (Wildman–Crippen LogP) is 5.20. The Labute approximate surface area is 168 Å². The molecule has 0 aliphatic carbocycles. The minimum absolute atomic E-state index is 0.278. The Bertz CT molecular complexity index is 955. The SMILES string of the molecule is COc1cc(SC)ccc1C(=O)O[C@@H](C(=O)c1ccccc1)c1ccccc1. The molecule has 5 heteroatoms. The Morgan fingerprint density at radius 3 is 2.14 bits per heavy atom. The highest BCUT2D eigenvalue weighted by atomic mass is 32.2. The van der Waals surface area contributed by atoms with Crippen LogP contribution in [-0.4, -0.2) is 25.1 Å². The van der Waals surface area contributed by atoms with Crippen LogP contribution in [0.3, 0.4) is 0 Å². The van der Waals surface area contributed by atoms with Crippen molar-refractivity contribution in [3.8, 4) is 5.75 Å². The average Bonchev–Trinajstić information content (AvgIpc) is 2.77. The standard InChI is InChI=1S/C23H20O4S/c1-26-20-15-18(28-2)13-14-19(20)23(25)27-22(17-11-7-4-8-12-17)21(24)16-9-5-3-6-10-16/h3-15,22H,1-2H3/t22-/m1/s1. The van der Waals surface area contributed by atoms with Crippen LogP contribution in [0.4, 0.5) is 0 Å². The summed E-state index contributed by atoms with van der Waals surface area (Å²) in [5, 5.41) is 0. The normalized spacial score (nSPS) is 11.5. The predicted molar refractivity (Wildman–Crippen MR) is 110 cm³/mol. The Morgan fingerprint density at radius 1 is 0.893 bits per heavy atom. The molecule has 0 spiro atoms. The van der Waals surface area contributed by atoms with Gasteiger partial charge in [-0.05, 0) is 24.5 Å². The van der Waals surface area contributed by atoms with Crippen molar-refractivity contribution in [2.24, 2.45) is 0 Å². The maximum Gasteiger partial charge on any atom is 0.342 e. The molecule has 0 heterocycles. The lowest BCUT2D eigenvalue weighted by Crippen LogP contribution is -2.20. The number of Topliss-reactive ketones (excluding diaryl/α,β-unsaturated/α-hetero) is 1. The van der Waals surface area contributed by atoms with Crippen LogP contribution in [0.25, 0.3) is 0 Å². The first-order valence-electron chi connectivity index (χ1n) is 8.71. The highest BCUT2D eigenvalue weighted by Crippen LogP contribution is 2.29. The fraction of sp³-hybridized carbons (Fsp3) is 0.130. The number of benzene rings is 3. The molecule has 0 radical (unpaired) electrons. The third-order valence-corrected chi connectivity index (χ3v) is 4.98. The molecule has 0 unspecified atom stereocenters. The van der Waals surface area contributed by atoms with Crippen LogP contribution in [0, 0.1) is 0 Å². The molecular formula is C23H20O4S. The van der Waals surface area contributed by atoms with Gasteiger partial charge in [-0.15, -0.1) is 11.8 Å². The van der Waals surface area contributed by atoms with Gasteiger partial charge in [0.15, 0.2) is 6.10 Å². The number of hydrogen-bond donors (Lipinski definition) is 0. The zero-order valence-corrected chi connectivity index (χ0v) is 16.4. The number of thioether (sulfide) groups is 1. The highest BCUT2D eigenvalue weighted by molar-refractivity contribution is 7.98. The van der Waals surface area contributed by atoms with Gasteiger partial charge in [-0.1, -0.05) is 60.7 Å². The molecule has 0 saturated heterocycles. The molecule has 0 fully saturated rings. The summed E-state index contributed by atoms with van der Waals surface area (Å²) in [7, 11) is 1.50. The summed E-state index contributed by atoms with van der Waals surface area (Å²) >= 11 is 1.55. The molecule has 1 atom stereocenters. The van der Waals surface area contributed by atoms with E-state index in [1.807, 2.05) is 36.6 Å². The Kier molecular flexibility index (Phi) is 6.50. The van der Waals surface area contributed by atoms with E-state index in [2.05, 4.69) is 0 Å².